The zero-order valence-electron chi connectivity index (χ0n) is 14.6. The molecule has 3 rings (SSSR count). The van der Waals surface area contributed by atoms with E-state index >= 15 is 0 Å². The summed E-state index contributed by atoms with van der Waals surface area (Å²) in [5.74, 6) is 0.803. The fraction of sp³-hybridized carbons (Fsp3) is 0.250. The molecule has 0 aliphatic rings. The van der Waals surface area contributed by atoms with E-state index in [1.54, 1.807) is 24.3 Å². The number of carbonyl (C=O) groups excluding carboxylic acids is 1. The number of nitrogens with one attached hydrogen (secondary N) is 1. The summed E-state index contributed by atoms with van der Waals surface area (Å²) < 4.78 is 5.46. The molecule has 1 N–H and O–H groups in total. The van der Waals surface area contributed by atoms with Gasteiger partial charge in [-0.15, -0.1) is 0 Å². The Labute approximate surface area is 157 Å². The molecular weight excluding hydrogens is 350 g/mol. The third-order valence-corrected chi connectivity index (χ3v) is 4.56. The lowest BCUT2D eigenvalue weighted by Crippen LogP contribution is -2.32. The molecule has 1 amide bonds. The van der Waals surface area contributed by atoms with Gasteiger partial charge in [0.05, 0.1) is 0 Å². The molecule has 2 aromatic carbocycles. The van der Waals surface area contributed by atoms with Crippen molar-refractivity contribution in [1.29, 1.82) is 0 Å². The Morgan fingerprint density at radius 3 is 2.65 bits per heavy atom. The summed E-state index contributed by atoms with van der Waals surface area (Å²) in [4.78, 5) is 17.0. The molecule has 0 saturated heterocycles. The minimum Gasteiger partial charge on any atom is -0.340 e. The van der Waals surface area contributed by atoms with E-state index in [-0.39, 0.29) is 17.9 Å². The van der Waals surface area contributed by atoms with Crippen molar-refractivity contribution < 1.29 is 9.32 Å². The number of benzene rings is 2. The van der Waals surface area contributed by atoms with Gasteiger partial charge in [0.25, 0.3) is 5.91 Å². The van der Waals surface area contributed by atoms with Gasteiger partial charge in [-0.25, -0.2) is 0 Å². The summed E-state index contributed by atoms with van der Waals surface area (Å²) >= 11 is 6.03. The van der Waals surface area contributed by atoms with Crippen LogP contribution in [0, 0.1) is 5.92 Å². The van der Waals surface area contributed by atoms with Gasteiger partial charge in [-0.05, 0) is 30.2 Å². The second-order valence-corrected chi connectivity index (χ2v) is 6.61. The monoisotopic (exact) mass is 369 g/mol. The van der Waals surface area contributed by atoms with Gasteiger partial charge >= 0.3 is 0 Å². The highest BCUT2D eigenvalue weighted by Gasteiger charge is 2.26. The first-order valence-electron chi connectivity index (χ1n) is 8.54. The number of aromatic nitrogens is 2. The van der Waals surface area contributed by atoms with Gasteiger partial charge < -0.3 is 9.84 Å². The summed E-state index contributed by atoms with van der Waals surface area (Å²) in [6.07, 6.45) is 0.856. The van der Waals surface area contributed by atoms with Crippen LogP contribution in [-0.4, -0.2) is 16.0 Å². The molecule has 6 heteroatoms. The van der Waals surface area contributed by atoms with Gasteiger partial charge in [0.1, 0.15) is 6.04 Å². The van der Waals surface area contributed by atoms with Gasteiger partial charge in [0, 0.05) is 16.1 Å². The topological polar surface area (TPSA) is 68.0 Å². The molecule has 2 atom stereocenters. The first-order valence-corrected chi connectivity index (χ1v) is 8.91. The summed E-state index contributed by atoms with van der Waals surface area (Å²) in [7, 11) is 0. The van der Waals surface area contributed by atoms with Crippen molar-refractivity contribution in [2.75, 3.05) is 0 Å². The molecule has 0 fully saturated rings. The Bertz CT molecular complexity index is 880. The fourth-order valence-electron chi connectivity index (χ4n) is 2.60. The number of hydrogen-bond acceptors (Lipinski definition) is 4. The largest absolute Gasteiger partial charge is 0.340 e. The van der Waals surface area contributed by atoms with Crippen LogP contribution in [0.15, 0.2) is 59.1 Å². The lowest BCUT2D eigenvalue weighted by atomic mass is 9.98. The van der Waals surface area contributed by atoms with E-state index in [4.69, 9.17) is 16.1 Å². The molecular formula is C20H20ClN3O2. The Hall–Kier alpha value is -2.66. The molecule has 0 aliphatic heterocycles. The maximum absolute atomic E-state index is 12.6. The number of amides is 1. The number of rotatable bonds is 6. The first-order chi connectivity index (χ1) is 12.6. The Kier molecular flexibility index (Phi) is 5.68. The molecule has 5 nitrogen and oxygen atoms in total. The fourth-order valence-corrected chi connectivity index (χ4v) is 2.79. The van der Waals surface area contributed by atoms with E-state index in [1.165, 1.54) is 0 Å². The zero-order valence-corrected chi connectivity index (χ0v) is 15.4. The van der Waals surface area contributed by atoms with Crippen molar-refractivity contribution in [3.8, 4) is 11.4 Å². The Morgan fingerprint density at radius 2 is 1.96 bits per heavy atom. The zero-order chi connectivity index (χ0) is 18.5. The first kappa shape index (κ1) is 18.1. The van der Waals surface area contributed by atoms with Crippen LogP contribution in [0.4, 0.5) is 0 Å². The Morgan fingerprint density at radius 1 is 1.19 bits per heavy atom. The highest BCUT2D eigenvalue weighted by Crippen LogP contribution is 2.27. The van der Waals surface area contributed by atoms with Crippen molar-refractivity contribution in [2.24, 2.45) is 5.92 Å². The van der Waals surface area contributed by atoms with Crippen molar-refractivity contribution in [1.82, 2.24) is 15.5 Å². The van der Waals surface area contributed by atoms with Gasteiger partial charge in [-0.2, -0.15) is 4.98 Å². The van der Waals surface area contributed by atoms with Crippen LogP contribution in [0.1, 0.15) is 42.6 Å². The van der Waals surface area contributed by atoms with Crippen LogP contribution >= 0.6 is 11.6 Å². The van der Waals surface area contributed by atoms with Crippen molar-refractivity contribution >= 4 is 17.5 Å². The molecule has 134 valence electrons. The molecule has 1 aromatic heterocycles. The van der Waals surface area contributed by atoms with E-state index in [9.17, 15) is 4.79 Å². The maximum atomic E-state index is 12.6. The standard InChI is InChI=1S/C20H20ClN3O2/c1-3-13(2)17(22-19(25)14-8-5-4-6-9-14)20-23-18(24-26-20)15-10-7-11-16(21)12-15/h4-13,17H,3H2,1-2H3,(H,22,25)/t13-,17-/m1/s1. The number of hydrogen-bond donors (Lipinski definition) is 1. The van der Waals surface area contributed by atoms with E-state index in [0.717, 1.165) is 12.0 Å². The number of halogens is 1. The van der Waals surface area contributed by atoms with Crippen LogP contribution in [-0.2, 0) is 0 Å². The van der Waals surface area contributed by atoms with Crippen LogP contribution in [0.3, 0.4) is 0 Å². The smallest absolute Gasteiger partial charge is 0.251 e. The minimum absolute atomic E-state index is 0.135. The average Bonchev–Trinajstić information content (AvgIpc) is 3.16. The number of carbonyl (C=O) groups is 1. The van der Waals surface area contributed by atoms with E-state index in [0.29, 0.717) is 22.3 Å². The summed E-state index contributed by atoms with van der Waals surface area (Å²) in [5.41, 5.74) is 1.36. The molecule has 0 unspecified atom stereocenters. The average molecular weight is 370 g/mol. The van der Waals surface area contributed by atoms with Crippen LogP contribution in [0.5, 0.6) is 0 Å². The second-order valence-electron chi connectivity index (χ2n) is 6.17. The van der Waals surface area contributed by atoms with Gasteiger partial charge in [0.15, 0.2) is 0 Å². The third-order valence-electron chi connectivity index (χ3n) is 4.33. The molecule has 1 heterocycles. The second kappa shape index (κ2) is 8.15. The normalized spacial score (nSPS) is 13.2. The molecule has 0 spiro atoms. The predicted molar refractivity (Wildman–Crippen MR) is 101 cm³/mol. The van der Waals surface area contributed by atoms with Crippen molar-refractivity contribution in [3.05, 3.63) is 71.1 Å². The Balaban J connectivity index is 1.86. The summed E-state index contributed by atoms with van der Waals surface area (Å²) in [6, 6.07) is 16.0. The highest BCUT2D eigenvalue weighted by atomic mass is 35.5. The molecule has 3 aromatic rings. The summed E-state index contributed by atoms with van der Waals surface area (Å²) in [6.45, 7) is 4.10. The van der Waals surface area contributed by atoms with E-state index in [2.05, 4.69) is 22.4 Å². The van der Waals surface area contributed by atoms with Crippen molar-refractivity contribution in [2.45, 2.75) is 26.3 Å². The summed E-state index contributed by atoms with van der Waals surface area (Å²) in [5, 5.41) is 7.67. The van der Waals surface area contributed by atoms with Gasteiger partial charge in [-0.1, -0.05) is 67.4 Å². The number of nitrogens with zero attached hydrogens (tertiary/aromatic N) is 2. The third kappa shape index (κ3) is 4.11. The minimum atomic E-state index is -0.367. The van der Waals surface area contributed by atoms with Crippen LogP contribution in [0.2, 0.25) is 5.02 Å². The SMILES string of the molecule is CC[C@@H](C)[C@@H](NC(=O)c1ccccc1)c1nc(-c2cccc(Cl)c2)no1. The lowest BCUT2D eigenvalue weighted by molar-refractivity contribution is 0.0910. The molecule has 0 radical (unpaired) electrons. The quantitative estimate of drug-likeness (QED) is 0.670. The lowest BCUT2D eigenvalue weighted by Gasteiger charge is -2.20. The highest BCUT2D eigenvalue weighted by molar-refractivity contribution is 6.30. The molecule has 26 heavy (non-hydrogen) atoms. The van der Waals surface area contributed by atoms with Crippen LogP contribution < -0.4 is 5.32 Å². The predicted octanol–water partition coefficient (Wildman–Crippen LogP) is 4.91. The van der Waals surface area contributed by atoms with Crippen LogP contribution in [0.25, 0.3) is 11.4 Å². The van der Waals surface area contributed by atoms with E-state index < -0.39 is 0 Å². The molecule has 0 bridgehead atoms. The van der Waals surface area contributed by atoms with E-state index in [1.807, 2.05) is 37.3 Å². The van der Waals surface area contributed by atoms with Crippen molar-refractivity contribution in [3.63, 3.8) is 0 Å². The molecule has 0 saturated carbocycles. The maximum Gasteiger partial charge on any atom is 0.251 e. The van der Waals surface area contributed by atoms with Gasteiger partial charge in [-0.3, -0.25) is 4.79 Å². The molecule has 0 aliphatic carbocycles. The van der Waals surface area contributed by atoms with Gasteiger partial charge in [0.2, 0.25) is 11.7 Å².